The molecule has 0 saturated heterocycles. The molecule has 0 rings (SSSR count). The van der Waals surface area contributed by atoms with E-state index in [4.69, 9.17) is 9.05 Å². The van der Waals surface area contributed by atoms with Crippen LogP contribution in [0, 0.1) is 0 Å². The van der Waals surface area contributed by atoms with Gasteiger partial charge >= 0.3 is 7.60 Å². The van der Waals surface area contributed by atoms with Crippen molar-refractivity contribution in [2.24, 2.45) is 0 Å². The van der Waals surface area contributed by atoms with E-state index < -0.39 is 7.60 Å². The Morgan fingerprint density at radius 3 is 1.42 bits per heavy atom. The molecule has 0 atom stereocenters. The van der Waals surface area contributed by atoms with Gasteiger partial charge in [-0.05, 0) is 12.8 Å². The van der Waals surface area contributed by atoms with E-state index in [0.29, 0.717) is 0 Å². The SMILES string of the molecule is CCCCCCCCCCCCCCCC/C=C/P(=O)(OC)OC. The van der Waals surface area contributed by atoms with Crippen molar-refractivity contribution < 1.29 is 13.6 Å². The molecule has 0 unspecified atom stereocenters. The molecule has 4 heteroatoms. The highest BCUT2D eigenvalue weighted by molar-refractivity contribution is 7.57. The molecule has 144 valence electrons. The van der Waals surface area contributed by atoms with E-state index in [1.54, 1.807) is 5.82 Å². The molecule has 0 aliphatic heterocycles. The molecule has 0 aromatic heterocycles. The minimum Gasteiger partial charge on any atom is -0.309 e. The fraction of sp³-hybridized carbons (Fsp3) is 0.900. The highest BCUT2D eigenvalue weighted by Gasteiger charge is 2.14. The summed E-state index contributed by atoms with van der Waals surface area (Å²) in [6.07, 6.45) is 22.1. The largest absolute Gasteiger partial charge is 0.353 e. The zero-order chi connectivity index (χ0) is 17.9. The van der Waals surface area contributed by atoms with Crippen LogP contribution in [0.5, 0.6) is 0 Å². The molecule has 3 nitrogen and oxygen atoms in total. The fourth-order valence-corrected chi connectivity index (χ4v) is 3.66. The van der Waals surface area contributed by atoms with Crippen molar-refractivity contribution in [1.82, 2.24) is 0 Å². The van der Waals surface area contributed by atoms with E-state index in [2.05, 4.69) is 6.92 Å². The Kier molecular flexibility index (Phi) is 17.6. The second-order valence-electron chi connectivity index (χ2n) is 6.67. The van der Waals surface area contributed by atoms with Gasteiger partial charge in [0, 0.05) is 20.0 Å². The van der Waals surface area contributed by atoms with Gasteiger partial charge in [0.15, 0.2) is 0 Å². The van der Waals surface area contributed by atoms with Crippen LogP contribution >= 0.6 is 7.60 Å². The van der Waals surface area contributed by atoms with Crippen molar-refractivity contribution in [2.75, 3.05) is 14.2 Å². The Balaban J connectivity index is 3.23. The highest BCUT2D eigenvalue weighted by Crippen LogP contribution is 2.47. The molecule has 0 spiro atoms. The van der Waals surface area contributed by atoms with Crippen LogP contribution in [-0.4, -0.2) is 14.2 Å². The number of allylic oxidation sites excluding steroid dienone is 1. The molecule has 0 amide bonds. The van der Waals surface area contributed by atoms with E-state index >= 15 is 0 Å². The molecular weight excluding hydrogens is 319 g/mol. The number of unbranched alkanes of at least 4 members (excludes halogenated alkanes) is 14. The topological polar surface area (TPSA) is 35.5 Å². The number of hydrogen-bond donors (Lipinski definition) is 0. The maximum absolute atomic E-state index is 11.8. The summed E-state index contributed by atoms with van der Waals surface area (Å²) in [5, 5.41) is 0. The summed E-state index contributed by atoms with van der Waals surface area (Å²) < 4.78 is 21.5. The van der Waals surface area contributed by atoms with Crippen molar-refractivity contribution in [2.45, 2.75) is 103 Å². The predicted molar refractivity (Wildman–Crippen MR) is 106 cm³/mol. The van der Waals surface area contributed by atoms with E-state index in [9.17, 15) is 4.57 Å². The normalized spacial score (nSPS) is 12.3. The van der Waals surface area contributed by atoms with Gasteiger partial charge < -0.3 is 9.05 Å². The van der Waals surface area contributed by atoms with Crippen LogP contribution in [0.2, 0.25) is 0 Å². The lowest BCUT2D eigenvalue weighted by molar-refractivity contribution is 0.286. The summed E-state index contributed by atoms with van der Waals surface area (Å²) in [5.74, 6) is 1.58. The molecule has 0 aliphatic carbocycles. The Morgan fingerprint density at radius 2 is 1.04 bits per heavy atom. The Labute approximate surface area is 151 Å². The molecule has 0 aromatic carbocycles. The predicted octanol–water partition coefficient (Wildman–Crippen LogP) is 7.86. The van der Waals surface area contributed by atoms with E-state index in [0.717, 1.165) is 12.8 Å². The van der Waals surface area contributed by atoms with Gasteiger partial charge in [-0.3, -0.25) is 4.57 Å². The number of hydrogen-bond acceptors (Lipinski definition) is 3. The molecule has 0 aliphatic rings. The monoisotopic (exact) mass is 360 g/mol. The average molecular weight is 361 g/mol. The Morgan fingerprint density at radius 1 is 0.667 bits per heavy atom. The van der Waals surface area contributed by atoms with Gasteiger partial charge in [0.25, 0.3) is 0 Å². The molecule has 0 bridgehead atoms. The van der Waals surface area contributed by atoms with Crippen LogP contribution in [0.15, 0.2) is 11.9 Å². The van der Waals surface area contributed by atoms with Gasteiger partial charge in [-0.1, -0.05) is 96.5 Å². The summed E-state index contributed by atoms with van der Waals surface area (Å²) in [4.78, 5) is 0. The second-order valence-corrected chi connectivity index (χ2v) is 8.78. The second kappa shape index (κ2) is 17.7. The summed E-state index contributed by atoms with van der Waals surface area (Å²) in [6.45, 7) is 2.28. The number of rotatable bonds is 18. The first-order valence-corrected chi connectivity index (χ1v) is 11.7. The summed E-state index contributed by atoms with van der Waals surface area (Å²) in [6, 6.07) is 0. The van der Waals surface area contributed by atoms with Crippen LogP contribution in [0.1, 0.15) is 103 Å². The van der Waals surface area contributed by atoms with Crippen LogP contribution in [0.3, 0.4) is 0 Å². The maximum Gasteiger partial charge on any atom is 0.353 e. The smallest absolute Gasteiger partial charge is 0.309 e. The lowest BCUT2D eigenvalue weighted by Gasteiger charge is -2.07. The molecule has 0 heterocycles. The minimum absolute atomic E-state index is 0.953. The molecule has 0 N–H and O–H groups in total. The van der Waals surface area contributed by atoms with E-state index in [-0.39, 0.29) is 0 Å². The maximum atomic E-state index is 11.8. The quantitative estimate of drug-likeness (QED) is 0.184. The lowest BCUT2D eigenvalue weighted by atomic mass is 10.0. The summed E-state index contributed by atoms with van der Waals surface area (Å²) in [5.41, 5.74) is 0. The zero-order valence-corrected chi connectivity index (χ0v) is 17.3. The van der Waals surface area contributed by atoms with Crippen LogP contribution < -0.4 is 0 Å². The van der Waals surface area contributed by atoms with Crippen LogP contribution in [-0.2, 0) is 13.6 Å². The molecule has 0 radical (unpaired) electrons. The molecular formula is C20H41O3P. The van der Waals surface area contributed by atoms with Gasteiger partial charge in [0.2, 0.25) is 0 Å². The van der Waals surface area contributed by atoms with Crippen molar-refractivity contribution in [3.63, 3.8) is 0 Å². The van der Waals surface area contributed by atoms with Gasteiger partial charge in [-0.25, -0.2) is 0 Å². The van der Waals surface area contributed by atoms with E-state index in [1.165, 1.54) is 97.7 Å². The first kappa shape index (κ1) is 23.9. The first-order chi connectivity index (χ1) is 11.7. The van der Waals surface area contributed by atoms with Gasteiger partial charge in [0.05, 0.1) is 0 Å². The van der Waals surface area contributed by atoms with Crippen molar-refractivity contribution in [3.8, 4) is 0 Å². The van der Waals surface area contributed by atoms with Crippen LogP contribution in [0.4, 0.5) is 0 Å². The average Bonchev–Trinajstić information content (AvgIpc) is 2.61. The Hall–Kier alpha value is -0.110. The zero-order valence-electron chi connectivity index (χ0n) is 16.4. The highest BCUT2D eigenvalue weighted by atomic mass is 31.2. The molecule has 0 aromatic rings. The third-order valence-corrected chi connectivity index (χ3v) is 6.12. The van der Waals surface area contributed by atoms with Crippen LogP contribution in [0.25, 0.3) is 0 Å². The lowest BCUT2D eigenvalue weighted by Crippen LogP contribution is -1.84. The van der Waals surface area contributed by atoms with Gasteiger partial charge in [-0.2, -0.15) is 0 Å². The summed E-state index contributed by atoms with van der Waals surface area (Å²) >= 11 is 0. The third-order valence-electron chi connectivity index (χ3n) is 4.52. The van der Waals surface area contributed by atoms with Gasteiger partial charge in [0.1, 0.15) is 0 Å². The molecule has 0 fully saturated rings. The molecule has 24 heavy (non-hydrogen) atoms. The third kappa shape index (κ3) is 15.4. The standard InChI is InChI=1S/C20H41O3P/c1-4-5-6-7-8-9-10-11-12-13-14-15-16-17-18-19-20-24(21,22-2)23-3/h19-20H,4-18H2,1-3H3/b20-19+. The fourth-order valence-electron chi connectivity index (χ4n) is 2.86. The molecule has 0 saturated carbocycles. The summed E-state index contributed by atoms with van der Waals surface area (Å²) in [7, 11) is -0.114. The van der Waals surface area contributed by atoms with Crippen molar-refractivity contribution in [1.29, 1.82) is 0 Å². The van der Waals surface area contributed by atoms with Gasteiger partial charge in [-0.15, -0.1) is 0 Å². The van der Waals surface area contributed by atoms with Crippen molar-refractivity contribution >= 4 is 7.60 Å². The minimum atomic E-state index is -2.95. The first-order valence-electron chi connectivity index (χ1n) is 10.1. The Bertz CT molecular complexity index is 321. The van der Waals surface area contributed by atoms with Crippen molar-refractivity contribution in [3.05, 3.63) is 11.9 Å². The van der Waals surface area contributed by atoms with E-state index in [1.807, 2.05) is 6.08 Å².